The highest BCUT2D eigenvalue weighted by atomic mass is 14.3. The van der Waals surface area contributed by atoms with E-state index in [1.165, 1.54) is 6.21 Å². The number of allylic oxidation sites excluding steroid dienone is 2. The maximum absolute atomic E-state index is 6.62. The zero-order valence-electron chi connectivity index (χ0n) is 5.31. The fourth-order valence-corrected chi connectivity index (χ4v) is 0.0833. The maximum Gasteiger partial charge on any atom is 0.0203 e. The summed E-state index contributed by atoms with van der Waals surface area (Å²) < 4.78 is 0. The van der Waals surface area contributed by atoms with Crippen LogP contribution in [0, 0.1) is 18.3 Å². The number of rotatable bonds is 1. The summed E-state index contributed by atoms with van der Waals surface area (Å²) in [6.07, 6.45) is 11.2. The molecule has 0 bridgehead atoms. The van der Waals surface area contributed by atoms with Gasteiger partial charge in [0.25, 0.3) is 0 Å². The van der Waals surface area contributed by atoms with Gasteiger partial charge in [0, 0.05) is 6.21 Å². The molecule has 0 unspecified atom stereocenters. The standard InChI is InChI=1S/C5H9N.C2H2/c1-3-5(2)4-6;1-2/h3-4,6H,1-2H3;1-2H/b5-3-,6-4?;. The Hall–Kier alpha value is -1.03. The molecule has 0 aliphatic heterocycles. The smallest absolute Gasteiger partial charge is 0.0203 e. The van der Waals surface area contributed by atoms with Gasteiger partial charge in [-0.2, -0.15) is 0 Å². The minimum atomic E-state index is 1.01. The van der Waals surface area contributed by atoms with Crippen molar-refractivity contribution < 1.29 is 0 Å². The lowest BCUT2D eigenvalue weighted by molar-refractivity contribution is 1.48. The first-order valence-corrected chi connectivity index (χ1v) is 2.28. The van der Waals surface area contributed by atoms with Gasteiger partial charge >= 0.3 is 0 Å². The summed E-state index contributed by atoms with van der Waals surface area (Å²) in [6, 6.07) is 0. The molecule has 0 atom stereocenters. The van der Waals surface area contributed by atoms with Crippen LogP contribution in [0.25, 0.3) is 0 Å². The van der Waals surface area contributed by atoms with Gasteiger partial charge in [-0.15, -0.1) is 12.8 Å². The van der Waals surface area contributed by atoms with Gasteiger partial charge in [-0.3, -0.25) is 0 Å². The quantitative estimate of drug-likeness (QED) is 0.392. The Bertz CT molecular complexity index is 98.2. The van der Waals surface area contributed by atoms with Crippen LogP contribution in [0.4, 0.5) is 0 Å². The lowest BCUT2D eigenvalue weighted by Gasteiger charge is -1.76. The molecular formula is C7H11N. The van der Waals surface area contributed by atoms with Gasteiger partial charge in [0.15, 0.2) is 0 Å². The lowest BCUT2D eigenvalue weighted by atomic mass is 10.3. The topological polar surface area (TPSA) is 23.9 Å². The van der Waals surface area contributed by atoms with Gasteiger partial charge in [0.2, 0.25) is 0 Å². The van der Waals surface area contributed by atoms with Crippen LogP contribution >= 0.6 is 0 Å². The minimum absolute atomic E-state index is 1.01. The SMILES string of the molecule is C#C.C/C=C(/C)C=N. The van der Waals surface area contributed by atoms with Gasteiger partial charge in [-0.25, -0.2) is 0 Å². The number of nitrogens with one attached hydrogen (secondary N) is 1. The molecular weight excluding hydrogens is 98.1 g/mol. The summed E-state index contributed by atoms with van der Waals surface area (Å²) in [7, 11) is 0. The highest BCUT2D eigenvalue weighted by molar-refractivity contribution is 5.74. The van der Waals surface area contributed by atoms with Crippen LogP contribution in [0.5, 0.6) is 0 Å². The van der Waals surface area contributed by atoms with E-state index in [0.29, 0.717) is 0 Å². The maximum atomic E-state index is 6.62. The second-order valence-electron chi connectivity index (χ2n) is 1.18. The molecule has 0 aromatic carbocycles. The van der Waals surface area contributed by atoms with E-state index in [0.717, 1.165) is 5.57 Å². The van der Waals surface area contributed by atoms with Crippen molar-refractivity contribution in [1.82, 2.24) is 0 Å². The fourth-order valence-electron chi connectivity index (χ4n) is 0.0833. The Labute approximate surface area is 50.9 Å². The van der Waals surface area contributed by atoms with E-state index < -0.39 is 0 Å². The van der Waals surface area contributed by atoms with Crippen molar-refractivity contribution in [3.63, 3.8) is 0 Å². The predicted molar refractivity (Wildman–Crippen MR) is 38.1 cm³/mol. The number of hydrogen-bond acceptors (Lipinski definition) is 1. The van der Waals surface area contributed by atoms with Crippen molar-refractivity contribution in [2.45, 2.75) is 13.8 Å². The van der Waals surface area contributed by atoms with Gasteiger partial charge < -0.3 is 5.41 Å². The van der Waals surface area contributed by atoms with Gasteiger partial charge in [-0.1, -0.05) is 6.08 Å². The first kappa shape index (κ1) is 10.1. The van der Waals surface area contributed by atoms with Crippen molar-refractivity contribution >= 4 is 6.21 Å². The molecule has 0 saturated heterocycles. The summed E-state index contributed by atoms with van der Waals surface area (Å²) in [5, 5.41) is 6.62. The zero-order valence-corrected chi connectivity index (χ0v) is 5.31. The molecule has 0 aromatic rings. The van der Waals surface area contributed by atoms with E-state index in [-0.39, 0.29) is 0 Å². The normalized spacial score (nSPS) is 8.75. The molecule has 0 aliphatic rings. The molecule has 0 heterocycles. The van der Waals surface area contributed by atoms with Gasteiger partial charge in [0.1, 0.15) is 0 Å². The molecule has 0 radical (unpaired) electrons. The van der Waals surface area contributed by atoms with Crippen LogP contribution in [0.1, 0.15) is 13.8 Å². The van der Waals surface area contributed by atoms with Crippen molar-refractivity contribution in [3.05, 3.63) is 11.6 Å². The Morgan fingerprint density at radius 2 is 1.88 bits per heavy atom. The first-order chi connectivity index (χ1) is 3.81. The highest BCUT2D eigenvalue weighted by Gasteiger charge is 1.68. The highest BCUT2D eigenvalue weighted by Crippen LogP contribution is 1.80. The van der Waals surface area contributed by atoms with E-state index in [2.05, 4.69) is 12.8 Å². The average molecular weight is 109 g/mol. The van der Waals surface area contributed by atoms with Crippen LogP contribution in [0.3, 0.4) is 0 Å². The minimum Gasteiger partial charge on any atom is -0.308 e. The molecule has 0 aromatic heterocycles. The van der Waals surface area contributed by atoms with Gasteiger partial charge in [0.05, 0.1) is 0 Å². The molecule has 0 spiro atoms. The van der Waals surface area contributed by atoms with Crippen molar-refractivity contribution in [1.29, 1.82) is 5.41 Å². The Morgan fingerprint density at radius 1 is 1.50 bits per heavy atom. The molecule has 0 rings (SSSR count). The predicted octanol–water partition coefficient (Wildman–Crippen LogP) is 1.85. The molecule has 0 saturated carbocycles. The Balaban J connectivity index is 0. The zero-order chi connectivity index (χ0) is 6.99. The Kier molecular flexibility index (Phi) is 11.8. The van der Waals surface area contributed by atoms with E-state index in [1.54, 1.807) is 0 Å². The largest absolute Gasteiger partial charge is 0.308 e. The number of hydrogen-bond donors (Lipinski definition) is 1. The van der Waals surface area contributed by atoms with Crippen LogP contribution < -0.4 is 0 Å². The van der Waals surface area contributed by atoms with Crippen LogP contribution in [0.15, 0.2) is 11.6 Å². The molecule has 0 fully saturated rings. The lowest BCUT2D eigenvalue weighted by Crippen LogP contribution is -1.68. The summed E-state index contributed by atoms with van der Waals surface area (Å²) in [6.45, 7) is 3.81. The fraction of sp³-hybridized carbons (Fsp3) is 0.286. The van der Waals surface area contributed by atoms with Crippen molar-refractivity contribution in [2.75, 3.05) is 0 Å². The van der Waals surface area contributed by atoms with E-state index in [1.807, 2.05) is 19.9 Å². The summed E-state index contributed by atoms with van der Waals surface area (Å²) in [5.41, 5.74) is 1.01. The summed E-state index contributed by atoms with van der Waals surface area (Å²) >= 11 is 0. The summed E-state index contributed by atoms with van der Waals surface area (Å²) in [5.74, 6) is 0. The van der Waals surface area contributed by atoms with Gasteiger partial charge in [-0.05, 0) is 19.4 Å². The molecule has 8 heavy (non-hydrogen) atoms. The summed E-state index contributed by atoms with van der Waals surface area (Å²) in [4.78, 5) is 0. The van der Waals surface area contributed by atoms with E-state index in [9.17, 15) is 0 Å². The molecule has 1 N–H and O–H groups in total. The number of terminal acetylenes is 1. The van der Waals surface area contributed by atoms with E-state index in [4.69, 9.17) is 5.41 Å². The van der Waals surface area contributed by atoms with Crippen molar-refractivity contribution in [3.8, 4) is 12.8 Å². The molecule has 0 aliphatic carbocycles. The van der Waals surface area contributed by atoms with E-state index >= 15 is 0 Å². The second-order valence-corrected chi connectivity index (χ2v) is 1.18. The Morgan fingerprint density at radius 3 is 1.88 bits per heavy atom. The first-order valence-electron chi connectivity index (χ1n) is 2.28. The molecule has 1 heteroatoms. The third-order valence-corrected chi connectivity index (χ3v) is 0.683. The molecule has 1 nitrogen and oxygen atoms in total. The average Bonchev–Trinajstić information content (AvgIpc) is 1.91. The van der Waals surface area contributed by atoms with Crippen molar-refractivity contribution in [2.24, 2.45) is 0 Å². The third-order valence-electron chi connectivity index (χ3n) is 0.683. The molecule has 44 valence electrons. The third kappa shape index (κ3) is 8.88. The van der Waals surface area contributed by atoms with Crippen LogP contribution in [0.2, 0.25) is 0 Å². The van der Waals surface area contributed by atoms with Crippen LogP contribution in [-0.4, -0.2) is 6.21 Å². The monoisotopic (exact) mass is 109 g/mol. The molecule has 0 amide bonds. The second kappa shape index (κ2) is 9.36. The van der Waals surface area contributed by atoms with Crippen LogP contribution in [-0.2, 0) is 0 Å².